The predicted molar refractivity (Wildman–Crippen MR) is 102 cm³/mol. The fourth-order valence-corrected chi connectivity index (χ4v) is 4.37. The summed E-state index contributed by atoms with van der Waals surface area (Å²) in [4.78, 5) is 5.21. The Bertz CT molecular complexity index is 534. The van der Waals surface area contributed by atoms with Gasteiger partial charge in [0.25, 0.3) is 0 Å². The van der Waals surface area contributed by atoms with Gasteiger partial charge in [-0.1, -0.05) is 73.6 Å². The summed E-state index contributed by atoms with van der Waals surface area (Å²) < 4.78 is 0. The van der Waals surface area contributed by atoms with Crippen molar-refractivity contribution >= 4 is 5.69 Å². The number of benzene rings is 1. The normalized spacial score (nSPS) is 23.8. The topological polar surface area (TPSA) is 6.48 Å². The second-order valence-corrected chi connectivity index (χ2v) is 9.70. The lowest BCUT2D eigenvalue weighted by molar-refractivity contribution is 0.118. The van der Waals surface area contributed by atoms with E-state index in [0.717, 1.165) is 6.67 Å². The Morgan fingerprint density at radius 1 is 0.913 bits per heavy atom. The van der Waals surface area contributed by atoms with Crippen LogP contribution in [0.5, 0.6) is 0 Å². The van der Waals surface area contributed by atoms with E-state index in [-0.39, 0.29) is 10.8 Å². The Balaban J connectivity index is 2.54. The minimum absolute atomic E-state index is 0.229. The van der Waals surface area contributed by atoms with Crippen LogP contribution in [0.25, 0.3) is 0 Å². The van der Waals surface area contributed by atoms with Crippen LogP contribution in [0, 0.1) is 10.8 Å². The number of anilines is 1. The minimum atomic E-state index is 0.229. The zero-order valence-corrected chi connectivity index (χ0v) is 16.6. The third-order valence-electron chi connectivity index (χ3n) is 5.13. The number of rotatable bonds is 2. The minimum Gasteiger partial charge on any atom is -0.353 e. The average molecular weight is 317 g/mol. The second-order valence-electron chi connectivity index (χ2n) is 9.70. The fourth-order valence-electron chi connectivity index (χ4n) is 4.37. The lowest BCUT2D eigenvalue weighted by Gasteiger charge is -2.44. The van der Waals surface area contributed by atoms with E-state index in [9.17, 15) is 0 Å². The summed E-state index contributed by atoms with van der Waals surface area (Å²) in [6, 6.07) is 10.0. The molecular formula is C21H36N2. The lowest BCUT2D eigenvalue weighted by Crippen LogP contribution is -2.51. The number of para-hydroxylation sites is 1. The summed E-state index contributed by atoms with van der Waals surface area (Å²) in [7, 11) is 2.28. The number of likely N-dealkylation sites (N-methyl/N-ethyl adjacent to an activating group) is 1. The monoisotopic (exact) mass is 316 g/mol. The van der Waals surface area contributed by atoms with Gasteiger partial charge in [-0.25, -0.2) is 0 Å². The molecule has 0 aliphatic carbocycles. The second kappa shape index (κ2) is 6.12. The van der Waals surface area contributed by atoms with Crippen LogP contribution in [0.4, 0.5) is 5.69 Å². The van der Waals surface area contributed by atoms with Crippen LogP contribution in [0.1, 0.15) is 66.9 Å². The predicted octanol–water partition coefficient (Wildman–Crippen LogP) is 5.35. The van der Waals surface area contributed by atoms with Crippen molar-refractivity contribution in [3.05, 3.63) is 29.8 Å². The van der Waals surface area contributed by atoms with Gasteiger partial charge in [-0.3, -0.25) is 4.90 Å². The van der Waals surface area contributed by atoms with Crippen molar-refractivity contribution in [1.29, 1.82) is 0 Å². The summed E-state index contributed by atoms with van der Waals surface area (Å²) >= 11 is 0. The van der Waals surface area contributed by atoms with Crippen LogP contribution < -0.4 is 4.90 Å². The van der Waals surface area contributed by atoms with Gasteiger partial charge < -0.3 is 4.90 Å². The summed E-state index contributed by atoms with van der Waals surface area (Å²) in [5.74, 6) is 0.547. The molecule has 2 nitrogen and oxygen atoms in total. The SMILES string of the molecule is CC(C)c1ccccc1N1CN(C)[C@H](C(C)(C)C)[C@H]1C(C)(C)C. The first-order chi connectivity index (χ1) is 10.4. The molecule has 0 bridgehead atoms. The van der Waals surface area contributed by atoms with Gasteiger partial charge in [-0.15, -0.1) is 0 Å². The molecular weight excluding hydrogens is 280 g/mol. The lowest BCUT2D eigenvalue weighted by atomic mass is 9.72. The van der Waals surface area contributed by atoms with Gasteiger partial charge in [0.15, 0.2) is 0 Å². The van der Waals surface area contributed by atoms with Crippen LogP contribution >= 0.6 is 0 Å². The largest absolute Gasteiger partial charge is 0.353 e. The maximum absolute atomic E-state index is 2.66. The molecule has 1 saturated heterocycles. The van der Waals surface area contributed by atoms with Crippen molar-refractivity contribution in [2.24, 2.45) is 10.8 Å². The fraction of sp³-hybridized carbons (Fsp3) is 0.714. The van der Waals surface area contributed by atoms with E-state index in [1.54, 1.807) is 0 Å². The first-order valence-corrected chi connectivity index (χ1v) is 9.00. The molecule has 1 fully saturated rings. The van der Waals surface area contributed by atoms with Gasteiger partial charge >= 0.3 is 0 Å². The summed E-state index contributed by atoms with van der Waals surface area (Å²) in [6.07, 6.45) is 0. The van der Waals surface area contributed by atoms with Crippen LogP contribution in [-0.2, 0) is 0 Å². The number of hydrogen-bond acceptors (Lipinski definition) is 2. The first-order valence-electron chi connectivity index (χ1n) is 9.00. The molecule has 23 heavy (non-hydrogen) atoms. The van der Waals surface area contributed by atoms with Crippen molar-refractivity contribution < 1.29 is 0 Å². The van der Waals surface area contributed by atoms with E-state index in [2.05, 4.69) is 96.5 Å². The molecule has 0 unspecified atom stereocenters. The summed E-state index contributed by atoms with van der Waals surface area (Å²) in [6.45, 7) is 19.9. The van der Waals surface area contributed by atoms with Crippen LogP contribution in [0.15, 0.2) is 24.3 Å². The van der Waals surface area contributed by atoms with Crippen LogP contribution in [-0.4, -0.2) is 30.7 Å². The molecule has 1 aliphatic heterocycles. The smallest absolute Gasteiger partial charge is 0.0712 e. The number of nitrogens with zero attached hydrogens (tertiary/aromatic N) is 2. The van der Waals surface area contributed by atoms with E-state index in [1.165, 1.54) is 11.3 Å². The van der Waals surface area contributed by atoms with Crippen molar-refractivity contribution in [2.75, 3.05) is 18.6 Å². The van der Waals surface area contributed by atoms with Crippen LogP contribution in [0.2, 0.25) is 0 Å². The summed E-state index contributed by atoms with van der Waals surface area (Å²) in [5.41, 5.74) is 3.37. The molecule has 0 aromatic heterocycles. The van der Waals surface area contributed by atoms with Gasteiger partial charge in [0.05, 0.1) is 12.7 Å². The molecule has 1 aromatic carbocycles. The van der Waals surface area contributed by atoms with Crippen molar-refractivity contribution in [1.82, 2.24) is 4.90 Å². The average Bonchev–Trinajstić information content (AvgIpc) is 2.76. The summed E-state index contributed by atoms with van der Waals surface area (Å²) in [5, 5.41) is 0. The molecule has 2 rings (SSSR count). The Morgan fingerprint density at radius 2 is 1.43 bits per heavy atom. The van der Waals surface area contributed by atoms with Gasteiger partial charge in [0.1, 0.15) is 0 Å². The molecule has 0 N–H and O–H groups in total. The maximum Gasteiger partial charge on any atom is 0.0712 e. The van der Waals surface area contributed by atoms with Gasteiger partial charge in [0, 0.05) is 11.7 Å². The number of hydrogen-bond donors (Lipinski definition) is 0. The molecule has 0 saturated carbocycles. The Labute approximate surface area is 143 Å². The Kier molecular flexibility index (Phi) is 4.88. The van der Waals surface area contributed by atoms with Gasteiger partial charge in [0.2, 0.25) is 0 Å². The molecule has 1 aliphatic rings. The van der Waals surface area contributed by atoms with Crippen molar-refractivity contribution in [3.8, 4) is 0 Å². The van der Waals surface area contributed by atoms with Gasteiger partial charge in [-0.05, 0) is 35.4 Å². The third kappa shape index (κ3) is 3.57. The standard InChI is InChI=1S/C21H36N2/c1-15(2)16-12-10-11-13-17(16)23-14-22(9)18(20(3,4)5)19(23)21(6,7)8/h10-13,15,18-19H,14H2,1-9H3/t18-,19-/m0/s1. The van der Waals surface area contributed by atoms with E-state index in [4.69, 9.17) is 0 Å². The highest BCUT2D eigenvalue weighted by Gasteiger charge is 2.49. The van der Waals surface area contributed by atoms with Crippen LogP contribution in [0.3, 0.4) is 0 Å². The van der Waals surface area contributed by atoms with E-state index in [0.29, 0.717) is 18.0 Å². The molecule has 2 heteroatoms. The molecule has 1 heterocycles. The molecule has 0 amide bonds. The molecule has 0 spiro atoms. The van der Waals surface area contributed by atoms with Crippen molar-refractivity contribution in [2.45, 2.75) is 73.4 Å². The maximum atomic E-state index is 2.66. The quantitative estimate of drug-likeness (QED) is 0.726. The van der Waals surface area contributed by atoms with E-state index < -0.39 is 0 Å². The molecule has 130 valence electrons. The molecule has 1 aromatic rings. The van der Waals surface area contributed by atoms with E-state index >= 15 is 0 Å². The highest BCUT2D eigenvalue weighted by molar-refractivity contribution is 5.57. The Morgan fingerprint density at radius 3 is 1.91 bits per heavy atom. The zero-order valence-electron chi connectivity index (χ0n) is 16.6. The first kappa shape index (κ1) is 18.3. The van der Waals surface area contributed by atoms with E-state index in [1.807, 2.05) is 0 Å². The highest BCUT2D eigenvalue weighted by Crippen LogP contribution is 2.44. The van der Waals surface area contributed by atoms with Crippen molar-refractivity contribution in [3.63, 3.8) is 0 Å². The third-order valence-corrected chi connectivity index (χ3v) is 5.13. The van der Waals surface area contributed by atoms with Gasteiger partial charge in [-0.2, -0.15) is 0 Å². The molecule has 2 atom stereocenters. The highest BCUT2D eigenvalue weighted by atomic mass is 15.4. The zero-order chi connectivity index (χ0) is 17.6. The Hall–Kier alpha value is -1.02. The molecule has 0 radical (unpaired) electrons.